The van der Waals surface area contributed by atoms with Gasteiger partial charge in [0.2, 0.25) is 0 Å². The molecule has 3 aromatic carbocycles. The Hall–Kier alpha value is -4.00. The van der Waals surface area contributed by atoms with Gasteiger partial charge in [-0.2, -0.15) is 0 Å². The molecular formula is C22H22N4O3. The van der Waals surface area contributed by atoms with Crippen LogP contribution in [0.15, 0.2) is 66.7 Å². The Balaban J connectivity index is 1.79. The molecule has 0 unspecified atom stereocenters. The summed E-state index contributed by atoms with van der Waals surface area (Å²) in [5, 5.41) is 5.47. The second-order valence-corrected chi connectivity index (χ2v) is 6.32. The van der Waals surface area contributed by atoms with Gasteiger partial charge in [0.25, 0.3) is 11.8 Å². The lowest BCUT2D eigenvalue weighted by Crippen LogP contribution is -2.25. The summed E-state index contributed by atoms with van der Waals surface area (Å²) in [7, 11) is 0. The van der Waals surface area contributed by atoms with Crippen LogP contribution in [-0.2, 0) is 0 Å². The van der Waals surface area contributed by atoms with Crippen LogP contribution in [0.2, 0.25) is 0 Å². The minimum atomic E-state index is -0.372. The van der Waals surface area contributed by atoms with Crippen molar-refractivity contribution < 1.29 is 14.3 Å². The van der Waals surface area contributed by atoms with Gasteiger partial charge in [-0.15, -0.1) is 0 Å². The second kappa shape index (κ2) is 8.79. The molecule has 0 saturated heterocycles. The van der Waals surface area contributed by atoms with Gasteiger partial charge in [-0.25, -0.2) is 0 Å². The largest absolute Gasteiger partial charge is 0.457 e. The Kier molecular flexibility index (Phi) is 5.99. The van der Waals surface area contributed by atoms with Crippen LogP contribution < -0.4 is 26.8 Å². The van der Waals surface area contributed by atoms with E-state index >= 15 is 0 Å². The normalized spacial score (nSPS) is 10.2. The van der Waals surface area contributed by atoms with Gasteiger partial charge in [0, 0.05) is 23.5 Å². The third kappa shape index (κ3) is 5.04. The van der Waals surface area contributed by atoms with E-state index in [1.54, 1.807) is 60.7 Å². The van der Waals surface area contributed by atoms with Gasteiger partial charge < -0.3 is 26.8 Å². The molecular weight excluding hydrogens is 368 g/mol. The quantitative estimate of drug-likeness (QED) is 0.479. The van der Waals surface area contributed by atoms with E-state index in [0.717, 1.165) is 0 Å². The highest BCUT2D eigenvalue weighted by Crippen LogP contribution is 2.24. The van der Waals surface area contributed by atoms with Crippen LogP contribution in [-0.4, -0.2) is 18.4 Å². The monoisotopic (exact) mass is 390 g/mol. The number of nitrogens with one attached hydrogen (secondary N) is 2. The Morgan fingerprint density at radius 2 is 1.59 bits per heavy atom. The summed E-state index contributed by atoms with van der Waals surface area (Å²) < 4.78 is 5.77. The minimum absolute atomic E-state index is 0.300. The number of amides is 2. The van der Waals surface area contributed by atoms with Gasteiger partial charge in [0.15, 0.2) is 0 Å². The van der Waals surface area contributed by atoms with Crippen LogP contribution in [0, 0.1) is 0 Å². The van der Waals surface area contributed by atoms with Crippen LogP contribution in [0.3, 0.4) is 0 Å². The number of hydrogen-bond donors (Lipinski definition) is 4. The van der Waals surface area contributed by atoms with E-state index in [-0.39, 0.29) is 11.8 Å². The van der Waals surface area contributed by atoms with E-state index in [2.05, 4.69) is 10.6 Å². The van der Waals surface area contributed by atoms with E-state index in [1.807, 2.05) is 6.92 Å². The maximum atomic E-state index is 12.7. The number of nitrogens with two attached hydrogens (primary N) is 2. The number of nitrogen functional groups attached to an aromatic ring is 2. The van der Waals surface area contributed by atoms with Crippen LogP contribution >= 0.6 is 0 Å². The van der Waals surface area contributed by atoms with Gasteiger partial charge in [0.1, 0.15) is 11.5 Å². The lowest BCUT2D eigenvalue weighted by Gasteiger charge is -2.12. The summed E-state index contributed by atoms with van der Waals surface area (Å²) in [5.74, 6) is 0.427. The fraction of sp³-hybridized carbons (Fsp3) is 0.0909. The molecule has 0 heterocycles. The molecule has 0 atom stereocenters. The van der Waals surface area contributed by atoms with Crippen molar-refractivity contribution in [2.45, 2.75) is 6.92 Å². The van der Waals surface area contributed by atoms with E-state index in [0.29, 0.717) is 46.2 Å². The molecule has 7 heteroatoms. The van der Waals surface area contributed by atoms with E-state index in [9.17, 15) is 9.59 Å². The van der Waals surface area contributed by atoms with E-state index < -0.39 is 0 Å². The Labute approximate surface area is 168 Å². The van der Waals surface area contributed by atoms with Crippen molar-refractivity contribution >= 4 is 28.9 Å². The first-order valence-corrected chi connectivity index (χ1v) is 9.09. The van der Waals surface area contributed by atoms with Crippen molar-refractivity contribution in [3.63, 3.8) is 0 Å². The molecule has 0 spiro atoms. The SMILES string of the molecule is CCNC(=O)c1cc(N)ccc1NC(=O)c1cccc(Oc2ccc(N)cc2)c1. The standard InChI is InChI=1S/C22H22N4O3/c1-2-25-22(28)19-13-16(24)8-11-20(19)26-21(27)14-4-3-5-18(12-14)29-17-9-6-15(23)7-10-17/h3-13H,2,23-24H2,1H3,(H,25,28)(H,26,27). The van der Waals surface area contributed by atoms with Crippen molar-refractivity contribution in [1.29, 1.82) is 0 Å². The molecule has 2 amide bonds. The van der Waals surface area contributed by atoms with Crippen LogP contribution in [0.4, 0.5) is 17.1 Å². The molecule has 0 aromatic heterocycles. The maximum absolute atomic E-state index is 12.7. The molecule has 3 rings (SSSR count). The molecule has 0 aliphatic rings. The van der Waals surface area contributed by atoms with Gasteiger partial charge in [-0.1, -0.05) is 6.07 Å². The van der Waals surface area contributed by atoms with Gasteiger partial charge >= 0.3 is 0 Å². The number of benzene rings is 3. The molecule has 148 valence electrons. The van der Waals surface area contributed by atoms with Crippen molar-refractivity contribution in [3.8, 4) is 11.5 Å². The molecule has 0 aliphatic carbocycles. The Bertz CT molecular complexity index is 1030. The van der Waals surface area contributed by atoms with Crippen molar-refractivity contribution in [3.05, 3.63) is 77.9 Å². The minimum Gasteiger partial charge on any atom is -0.457 e. The molecule has 0 aliphatic heterocycles. The number of carbonyl (C=O) groups excluding carboxylic acids is 2. The highest BCUT2D eigenvalue weighted by Gasteiger charge is 2.15. The molecule has 3 aromatic rings. The number of carbonyl (C=O) groups is 2. The fourth-order valence-corrected chi connectivity index (χ4v) is 2.68. The molecule has 29 heavy (non-hydrogen) atoms. The Morgan fingerprint density at radius 1 is 0.862 bits per heavy atom. The summed E-state index contributed by atoms with van der Waals surface area (Å²) in [6.45, 7) is 2.28. The summed E-state index contributed by atoms with van der Waals surface area (Å²) in [6, 6.07) is 18.5. The lowest BCUT2D eigenvalue weighted by atomic mass is 10.1. The molecule has 0 fully saturated rings. The Morgan fingerprint density at radius 3 is 2.31 bits per heavy atom. The van der Waals surface area contributed by atoms with E-state index in [1.165, 1.54) is 6.07 Å². The molecule has 0 saturated carbocycles. The first-order valence-electron chi connectivity index (χ1n) is 9.09. The van der Waals surface area contributed by atoms with E-state index in [4.69, 9.17) is 16.2 Å². The van der Waals surface area contributed by atoms with Gasteiger partial charge in [-0.3, -0.25) is 9.59 Å². The smallest absolute Gasteiger partial charge is 0.255 e. The summed E-state index contributed by atoms with van der Waals surface area (Å²) in [6.07, 6.45) is 0. The summed E-state index contributed by atoms with van der Waals surface area (Å²) >= 11 is 0. The molecule has 7 nitrogen and oxygen atoms in total. The van der Waals surface area contributed by atoms with Crippen molar-refractivity contribution in [1.82, 2.24) is 5.32 Å². The summed E-state index contributed by atoms with van der Waals surface area (Å²) in [4.78, 5) is 25.0. The first-order chi connectivity index (χ1) is 14.0. The lowest BCUT2D eigenvalue weighted by molar-refractivity contribution is 0.0956. The second-order valence-electron chi connectivity index (χ2n) is 6.32. The van der Waals surface area contributed by atoms with Crippen LogP contribution in [0.5, 0.6) is 11.5 Å². The summed E-state index contributed by atoms with van der Waals surface area (Å²) in [5.41, 5.74) is 13.6. The maximum Gasteiger partial charge on any atom is 0.255 e. The topological polar surface area (TPSA) is 119 Å². The number of rotatable bonds is 6. The average molecular weight is 390 g/mol. The fourth-order valence-electron chi connectivity index (χ4n) is 2.68. The van der Waals surface area contributed by atoms with Gasteiger partial charge in [0.05, 0.1) is 11.3 Å². The predicted octanol–water partition coefficient (Wildman–Crippen LogP) is 3.65. The average Bonchev–Trinajstić information content (AvgIpc) is 2.71. The third-order valence-corrected chi connectivity index (χ3v) is 4.09. The van der Waals surface area contributed by atoms with Crippen molar-refractivity contribution in [2.24, 2.45) is 0 Å². The predicted molar refractivity (Wildman–Crippen MR) is 114 cm³/mol. The number of anilines is 3. The number of hydrogen-bond acceptors (Lipinski definition) is 5. The van der Waals surface area contributed by atoms with Crippen molar-refractivity contribution in [2.75, 3.05) is 23.3 Å². The molecule has 0 bridgehead atoms. The third-order valence-electron chi connectivity index (χ3n) is 4.09. The highest BCUT2D eigenvalue weighted by molar-refractivity contribution is 6.09. The highest BCUT2D eigenvalue weighted by atomic mass is 16.5. The zero-order valence-corrected chi connectivity index (χ0v) is 15.9. The molecule has 0 radical (unpaired) electrons. The van der Waals surface area contributed by atoms with Crippen LogP contribution in [0.25, 0.3) is 0 Å². The zero-order valence-electron chi connectivity index (χ0n) is 15.9. The van der Waals surface area contributed by atoms with Gasteiger partial charge in [-0.05, 0) is 67.6 Å². The number of ether oxygens (including phenoxy) is 1. The van der Waals surface area contributed by atoms with Crippen LogP contribution in [0.1, 0.15) is 27.6 Å². The first kappa shape index (κ1) is 19.8. The zero-order chi connectivity index (χ0) is 20.8. The molecule has 6 N–H and O–H groups in total.